The average Bonchev–Trinajstić information content (AvgIpc) is 2.61. The minimum absolute atomic E-state index is 0.625. The summed E-state index contributed by atoms with van der Waals surface area (Å²) in [5.41, 5.74) is 1.12. The number of rotatable bonds is 7. The number of ether oxygens (including phenoxy) is 1. The van der Waals surface area contributed by atoms with E-state index in [0.29, 0.717) is 6.61 Å². The second-order valence-electron chi connectivity index (χ2n) is 3.20. The van der Waals surface area contributed by atoms with E-state index in [1.807, 2.05) is 0 Å². The molecule has 0 aliphatic rings. The lowest BCUT2D eigenvalue weighted by Gasteiger charge is -1.99. The quantitative estimate of drug-likeness (QED) is 0.706. The highest BCUT2D eigenvalue weighted by Gasteiger charge is 2.00. The normalized spacial score (nSPS) is 10.7. The topological polar surface area (TPSA) is 34.1 Å². The predicted octanol–water partition coefficient (Wildman–Crippen LogP) is 2.18. The molecule has 1 aromatic heterocycles. The summed E-state index contributed by atoms with van der Waals surface area (Å²) in [6.45, 7) is 4.77. The molecule has 0 spiro atoms. The third kappa shape index (κ3) is 4.17. The number of nitrogens with one attached hydrogen (secondary N) is 1. The highest BCUT2D eigenvalue weighted by molar-refractivity contribution is 7.09. The number of unbranched alkanes of at least 4 members (excludes halogenated alkanes) is 1. The van der Waals surface area contributed by atoms with Crippen LogP contribution in [0.25, 0.3) is 0 Å². The second kappa shape index (κ2) is 6.92. The van der Waals surface area contributed by atoms with Crippen molar-refractivity contribution in [2.75, 3.05) is 13.7 Å². The van der Waals surface area contributed by atoms with Crippen molar-refractivity contribution >= 4 is 11.3 Å². The number of thiazole rings is 1. The van der Waals surface area contributed by atoms with Crippen LogP contribution in [0.3, 0.4) is 0 Å². The minimum Gasteiger partial charge on any atom is -0.378 e. The molecule has 0 bridgehead atoms. The van der Waals surface area contributed by atoms with Crippen molar-refractivity contribution in [2.24, 2.45) is 0 Å². The zero-order valence-corrected chi connectivity index (χ0v) is 9.69. The molecule has 1 rings (SSSR count). The minimum atomic E-state index is 0.625. The summed E-state index contributed by atoms with van der Waals surface area (Å²) in [6, 6.07) is 0. The van der Waals surface area contributed by atoms with E-state index in [2.05, 4.69) is 22.6 Å². The second-order valence-corrected chi connectivity index (χ2v) is 4.14. The van der Waals surface area contributed by atoms with E-state index < -0.39 is 0 Å². The Kier molecular flexibility index (Phi) is 5.75. The van der Waals surface area contributed by atoms with E-state index in [0.717, 1.165) is 23.8 Å². The third-order valence-electron chi connectivity index (χ3n) is 1.88. The van der Waals surface area contributed by atoms with Gasteiger partial charge in [-0.3, -0.25) is 0 Å². The third-order valence-corrected chi connectivity index (χ3v) is 2.75. The van der Waals surface area contributed by atoms with Gasteiger partial charge >= 0.3 is 0 Å². The van der Waals surface area contributed by atoms with Crippen LogP contribution in [0.15, 0.2) is 5.38 Å². The number of hydrogen-bond donors (Lipinski definition) is 1. The molecule has 0 aliphatic carbocycles. The summed E-state index contributed by atoms with van der Waals surface area (Å²) in [5, 5.41) is 6.51. The monoisotopic (exact) mass is 214 g/mol. The fourth-order valence-electron chi connectivity index (χ4n) is 1.14. The van der Waals surface area contributed by atoms with Crippen molar-refractivity contribution in [3.8, 4) is 0 Å². The summed E-state index contributed by atoms with van der Waals surface area (Å²) in [5.74, 6) is 0. The molecular formula is C10H18N2OS. The number of hydrogen-bond acceptors (Lipinski definition) is 4. The fraction of sp³-hybridized carbons (Fsp3) is 0.700. The van der Waals surface area contributed by atoms with Crippen LogP contribution in [0, 0.1) is 0 Å². The molecule has 1 aromatic rings. The largest absolute Gasteiger partial charge is 0.378 e. The van der Waals surface area contributed by atoms with Gasteiger partial charge in [0.05, 0.1) is 12.3 Å². The van der Waals surface area contributed by atoms with Gasteiger partial charge in [0.25, 0.3) is 0 Å². The van der Waals surface area contributed by atoms with Gasteiger partial charge < -0.3 is 10.1 Å². The maximum absolute atomic E-state index is 5.01. The molecule has 0 saturated carbocycles. The summed E-state index contributed by atoms with van der Waals surface area (Å²) in [4.78, 5) is 4.43. The maximum Gasteiger partial charge on any atom is 0.119 e. The Bertz CT molecular complexity index is 250. The van der Waals surface area contributed by atoms with E-state index in [1.165, 1.54) is 12.8 Å². The van der Waals surface area contributed by atoms with E-state index in [-0.39, 0.29) is 0 Å². The van der Waals surface area contributed by atoms with Gasteiger partial charge in [0.2, 0.25) is 0 Å². The van der Waals surface area contributed by atoms with Gasteiger partial charge in [0.15, 0.2) is 0 Å². The van der Waals surface area contributed by atoms with Crippen molar-refractivity contribution < 1.29 is 4.74 Å². The maximum atomic E-state index is 5.01. The van der Waals surface area contributed by atoms with E-state index >= 15 is 0 Å². The van der Waals surface area contributed by atoms with Crippen molar-refractivity contribution in [3.05, 3.63) is 16.1 Å². The van der Waals surface area contributed by atoms with Crippen LogP contribution in [0.2, 0.25) is 0 Å². The van der Waals surface area contributed by atoms with E-state index in [9.17, 15) is 0 Å². The van der Waals surface area contributed by atoms with Crippen LogP contribution in [0.4, 0.5) is 0 Å². The van der Waals surface area contributed by atoms with E-state index in [4.69, 9.17) is 4.74 Å². The number of methoxy groups -OCH3 is 1. The molecule has 0 unspecified atom stereocenters. The first-order chi connectivity index (χ1) is 6.86. The Labute approximate surface area is 89.5 Å². The zero-order chi connectivity index (χ0) is 10.2. The Morgan fingerprint density at radius 2 is 2.43 bits per heavy atom. The molecule has 0 fully saturated rings. The standard InChI is InChI=1S/C10H18N2OS/c1-3-4-5-11-6-9-8-14-10(12-9)7-13-2/h8,11H,3-7H2,1-2H3. The predicted molar refractivity (Wildman–Crippen MR) is 59.4 cm³/mol. The van der Waals surface area contributed by atoms with Gasteiger partial charge in [-0.1, -0.05) is 13.3 Å². The Morgan fingerprint density at radius 1 is 1.57 bits per heavy atom. The lowest BCUT2D eigenvalue weighted by atomic mass is 10.3. The Morgan fingerprint density at radius 3 is 3.14 bits per heavy atom. The first kappa shape index (κ1) is 11.6. The highest BCUT2D eigenvalue weighted by Crippen LogP contribution is 2.10. The van der Waals surface area contributed by atoms with Gasteiger partial charge in [-0.05, 0) is 13.0 Å². The number of nitrogens with zero attached hydrogens (tertiary/aromatic N) is 1. The van der Waals surface area contributed by atoms with Crippen LogP contribution < -0.4 is 5.32 Å². The lowest BCUT2D eigenvalue weighted by Crippen LogP contribution is -2.14. The van der Waals surface area contributed by atoms with Gasteiger partial charge in [-0.2, -0.15) is 0 Å². The molecule has 3 nitrogen and oxygen atoms in total. The summed E-state index contributed by atoms with van der Waals surface area (Å²) in [6.07, 6.45) is 2.47. The van der Waals surface area contributed by atoms with Gasteiger partial charge in [-0.15, -0.1) is 11.3 Å². The molecule has 0 atom stereocenters. The van der Waals surface area contributed by atoms with Crippen LogP contribution in [-0.4, -0.2) is 18.6 Å². The van der Waals surface area contributed by atoms with Crippen molar-refractivity contribution in [3.63, 3.8) is 0 Å². The summed E-state index contributed by atoms with van der Waals surface area (Å²) < 4.78 is 5.01. The Balaban J connectivity index is 2.22. The van der Waals surface area contributed by atoms with Crippen molar-refractivity contribution in [1.29, 1.82) is 0 Å². The Hall–Kier alpha value is -0.450. The fourth-order valence-corrected chi connectivity index (χ4v) is 1.90. The van der Waals surface area contributed by atoms with E-state index in [1.54, 1.807) is 18.4 Å². The first-order valence-corrected chi connectivity index (χ1v) is 5.87. The van der Waals surface area contributed by atoms with Crippen LogP contribution in [0.5, 0.6) is 0 Å². The SMILES string of the molecule is CCCCNCc1csc(COC)n1. The molecule has 0 saturated heterocycles. The lowest BCUT2D eigenvalue weighted by molar-refractivity contribution is 0.184. The zero-order valence-electron chi connectivity index (χ0n) is 8.88. The van der Waals surface area contributed by atoms with Gasteiger partial charge in [0.1, 0.15) is 5.01 Å². The molecule has 0 amide bonds. The van der Waals surface area contributed by atoms with Crippen molar-refractivity contribution in [1.82, 2.24) is 10.3 Å². The summed E-state index contributed by atoms with van der Waals surface area (Å²) in [7, 11) is 1.70. The molecule has 0 radical (unpaired) electrons. The van der Waals surface area contributed by atoms with Crippen LogP contribution in [0.1, 0.15) is 30.5 Å². The smallest absolute Gasteiger partial charge is 0.119 e. The highest BCUT2D eigenvalue weighted by atomic mass is 32.1. The molecule has 0 aliphatic heterocycles. The van der Waals surface area contributed by atoms with Crippen LogP contribution >= 0.6 is 11.3 Å². The molecule has 4 heteroatoms. The van der Waals surface area contributed by atoms with Gasteiger partial charge in [0, 0.05) is 19.0 Å². The van der Waals surface area contributed by atoms with Crippen molar-refractivity contribution in [2.45, 2.75) is 32.9 Å². The number of aromatic nitrogens is 1. The first-order valence-electron chi connectivity index (χ1n) is 4.99. The van der Waals surface area contributed by atoms with Crippen LogP contribution in [-0.2, 0) is 17.9 Å². The molecule has 80 valence electrons. The van der Waals surface area contributed by atoms with Gasteiger partial charge in [-0.25, -0.2) is 4.98 Å². The molecule has 0 aromatic carbocycles. The molecule has 1 N–H and O–H groups in total. The average molecular weight is 214 g/mol. The molecular weight excluding hydrogens is 196 g/mol. The summed E-state index contributed by atoms with van der Waals surface area (Å²) >= 11 is 1.66. The molecule has 14 heavy (non-hydrogen) atoms. The molecule has 1 heterocycles.